The van der Waals surface area contributed by atoms with Crippen molar-refractivity contribution in [2.75, 3.05) is 0 Å². The van der Waals surface area contributed by atoms with Crippen LogP contribution in [0.15, 0.2) is 0 Å². The Hall–Kier alpha value is -1.06. The second-order valence-corrected chi connectivity index (χ2v) is 4.24. The summed E-state index contributed by atoms with van der Waals surface area (Å²) in [4.78, 5) is 10.8. The molecule has 1 unspecified atom stereocenters. The van der Waals surface area contributed by atoms with Crippen LogP contribution < -0.4 is 11.1 Å². The summed E-state index contributed by atoms with van der Waals surface area (Å²) in [5, 5.41) is 1.59. The van der Waals surface area contributed by atoms with Crippen LogP contribution in [0.5, 0.6) is 0 Å². The molecule has 0 aromatic carbocycles. The fourth-order valence-electron chi connectivity index (χ4n) is 1.31. The molecule has 0 bridgehead atoms. The number of hydrogen-bond acceptors (Lipinski definition) is 2. The van der Waals surface area contributed by atoms with Crippen LogP contribution in [-0.4, -0.2) is 29.3 Å². The lowest BCUT2D eigenvalue weighted by Gasteiger charge is -2.25. The third-order valence-corrected chi connectivity index (χ3v) is 2.44. The summed E-state index contributed by atoms with van der Waals surface area (Å²) in [6.45, 7) is 1.61. The standard InChI is InChI=1S/C9H12F6N2OS/c1-2-3-4(6(16)19)17-7(18)5(8(10,11)12)9(13,14)15/h4-5H,2-3H2,1H3,(H2,16,19)(H,17,18). The Labute approximate surface area is 110 Å². The Bertz CT molecular complexity index is 327. The molecular formula is C9H12F6N2OS. The number of alkyl halides is 6. The Morgan fingerprint density at radius 2 is 1.63 bits per heavy atom. The lowest BCUT2D eigenvalue weighted by atomic mass is 10.1. The van der Waals surface area contributed by atoms with Crippen molar-refractivity contribution >= 4 is 23.1 Å². The van der Waals surface area contributed by atoms with Crippen molar-refractivity contribution in [3.63, 3.8) is 0 Å². The minimum Gasteiger partial charge on any atom is -0.392 e. The molecule has 0 aliphatic rings. The van der Waals surface area contributed by atoms with E-state index < -0.39 is 30.2 Å². The molecule has 3 nitrogen and oxygen atoms in total. The number of carbonyl (C=O) groups excluding carboxylic acids is 1. The Morgan fingerprint density at radius 3 is 1.89 bits per heavy atom. The molecule has 0 spiro atoms. The summed E-state index contributed by atoms with van der Waals surface area (Å²) < 4.78 is 73.6. The molecule has 0 aliphatic heterocycles. The molecule has 0 radical (unpaired) electrons. The maximum Gasteiger partial charge on any atom is 0.409 e. The zero-order chi connectivity index (χ0) is 15.4. The van der Waals surface area contributed by atoms with Crippen LogP contribution in [0.2, 0.25) is 0 Å². The predicted molar refractivity (Wildman–Crippen MR) is 59.2 cm³/mol. The van der Waals surface area contributed by atoms with Gasteiger partial charge in [-0.05, 0) is 6.42 Å². The van der Waals surface area contributed by atoms with Crippen molar-refractivity contribution in [1.82, 2.24) is 5.32 Å². The minimum atomic E-state index is -5.73. The Morgan fingerprint density at radius 1 is 1.21 bits per heavy atom. The van der Waals surface area contributed by atoms with Crippen molar-refractivity contribution in [3.05, 3.63) is 0 Å². The van der Waals surface area contributed by atoms with Crippen molar-refractivity contribution in [2.24, 2.45) is 11.7 Å². The van der Waals surface area contributed by atoms with Crippen molar-refractivity contribution in [1.29, 1.82) is 0 Å². The lowest BCUT2D eigenvalue weighted by molar-refractivity contribution is -0.274. The van der Waals surface area contributed by atoms with Gasteiger partial charge in [0, 0.05) is 0 Å². The topological polar surface area (TPSA) is 55.1 Å². The fourth-order valence-corrected chi connectivity index (χ4v) is 1.49. The van der Waals surface area contributed by atoms with Gasteiger partial charge < -0.3 is 11.1 Å². The van der Waals surface area contributed by atoms with Crippen molar-refractivity contribution < 1.29 is 31.1 Å². The molecule has 0 aromatic heterocycles. The maximum atomic E-state index is 12.3. The van der Waals surface area contributed by atoms with Gasteiger partial charge in [-0.3, -0.25) is 4.79 Å². The first-order valence-electron chi connectivity index (χ1n) is 5.14. The van der Waals surface area contributed by atoms with E-state index in [9.17, 15) is 31.1 Å². The summed E-state index contributed by atoms with van der Waals surface area (Å²) in [6.07, 6.45) is -11.0. The smallest absolute Gasteiger partial charge is 0.392 e. The quantitative estimate of drug-likeness (QED) is 0.605. The highest BCUT2D eigenvalue weighted by Crippen LogP contribution is 2.39. The van der Waals surface area contributed by atoms with Gasteiger partial charge >= 0.3 is 12.4 Å². The molecular weight excluding hydrogens is 298 g/mol. The maximum absolute atomic E-state index is 12.3. The molecule has 0 aromatic rings. The van der Waals surface area contributed by atoms with Crippen LogP contribution in [0, 0.1) is 5.92 Å². The molecule has 0 saturated heterocycles. The van der Waals surface area contributed by atoms with Crippen LogP contribution in [-0.2, 0) is 4.79 Å². The SMILES string of the molecule is CCCC(NC(=O)C(C(F)(F)F)C(F)(F)F)C(N)=S. The number of amides is 1. The summed E-state index contributed by atoms with van der Waals surface area (Å²) in [6, 6.07) is -1.19. The second kappa shape index (κ2) is 6.40. The largest absolute Gasteiger partial charge is 0.409 e. The van der Waals surface area contributed by atoms with Crippen LogP contribution in [0.3, 0.4) is 0 Å². The molecule has 1 amide bonds. The number of thiocarbonyl (C=S) groups is 1. The minimum absolute atomic E-state index is 0.0590. The number of halogens is 6. The van der Waals surface area contributed by atoms with Gasteiger partial charge in [0.25, 0.3) is 0 Å². The van der Waals surface area contributed by atoms with E-state index in [0.29, 0.717) is 6.42 Å². The molecule has 19 heavy (non-hydrogen) atoms. The molecule has 0 heterocycles. The number of carbonyl (C=O) groups is 1. The predicted octanol–water partition coefficient (Wildman–Crippen LogP) is 2.30. The van der Waals surface area contributed by atoms with E-state index in [2.05, 4.69) is 12.2 Å². The third-order valence-electron chi connectivity index (χ3n) is 2.15. The van der Waals surface area contributed by atoms with E-state index in [4.69, 9.17) is 5.73 Å². The monoisotopic (exact) mass is 310 g/mol. The van der Waals surface area contributed by atoms with E-state index in [1.807, 2.05) is 0 Å². The zero-order valence-corrected chi connectivity index (χ0v) is 10.5. The molecule has 0 rings (SSSR count). The summed E-state index contributed by atoms with van der Waals surface area (Å²) in [7, 11) is 0. The number of hydrogen-bond donors (Lipinski definition) is 2. The van der Waals surface area contributed by atoms with Crippen LogP contribution in [0.25, 0.3) is 0 Å². The van der Waals surface area contributed by atoms with Gasteiger partial charge in [-0.15, -0.1) is 0 Å². The second-order valence-electron chi connectivity index (χ2n) is 3.77. The third kappa shape index (κ3) is 5.62. The normalized spacial score (nSPS) is 14.3. The number of nitrogens with one attached hydrogen (secondary N) is 1. The molecule has 0 fully saturated rings. The first-order valence-corrected chi connectivity index (χ1v) is 5.55. The van der Waals surface area contributed by atoms with E-state index in [0.717, 1.165) is 0 Å². The van der Waals surface area contributed by atoms with Crippen LogP contribution in [0.4, 0.5) is 26.3 Å². The van der Waals surface area contributed by atoms with Gasteiger partial charge in [0.1, 0.15) is 0 Å². The molecule has 0 saturated carbocycles. The Balaban J connectivity index is 5.08. The first-order chi connectivity index (χ1) is 8.41. The lowest BCUT2D eigenvalue weighted by Crippen LogP contribution is -2.53. The van der Waals surface area contributed by atoms with Crippen LogP contribution in [0.1, 0.15) is 19.8 Å². The average Bonchev–Trinajstić information content (AvgIpc) is 2.11. The summed E-state index contributed by atoms with van der Waals surface area (Å²) in [5.74, 6) is -6.29. The van der Waals surface area contributed by atoms with Gasteiger partial charge in [-0.1, -0.05) is 25.6 Å². The highest BCUT2D eigenvalue weighted by Gasteiger charge is 2.61. The highest BCUT2D eigenvalue weighted by molar-refractivity contribution is 7.80. The highest BCUT2D eigenvalue weighted by atomic mass is 32.1. The molecule has 10 heteroatoms. The van der Waals surface area contributed by atoms with Gasteiger partial charge in [-0.25, -0.2) is 0 Å². The van der Waals surface area contributed by atoms with Crippen molar-refractivity contribution in [2.45, 2.75) is 38.2 Å². The van der Waals surface area contributed by atoms with E-state index in [1.165, 1.54) is 0 Å². The summed E-state index contributed by atoms with van der Waals surface area (Å²) >= 11 is 4.47. The van der Waals surface area contributed by atoms with Gasteiger partial charge in [0.05, 0.1) is 11.0 Å². The Kier molecular flexibility index (Phi) is 6.04. The average molecular weight is 310 g/mol. The van der Waals surface area contributed by atoms with E-state index in [-0.39, 0.29) is 11.4 Å². The van der Waals surface area contributed by atoms with E-state index in [1.54, 1.807) is 12.2 Å². The van der Waals surface area contributed by atoms with E-state index >= 15 is 0 Å². The van der Waals surface area contributed by atoms with Gasteiger partial charge in [-0.2, -0.15) is 26.3 Å². The van der Waals surface area contributed by atoms with Crippen molar-refractivity contribution in [3.8, 4) is 0 Å². The number of nitrogens with two attached hydrogens (primary N) is 1. The fraction of sp³-hybridized carbons (Fsp3) is 0.778. The van der Waals surface area contributed by atoms with Gasteiger partial charge in [0.15, 0.2) is 0 Å². The molecule has 112 valence electrons. The number of rotatable bonds is 5. The molecule has 0 aliphatic carbocycles. The zero-order valence-electron chi connectivity index (χ0n) is 9.73. The summed E-state index contributed by atoms with van der Waals surface area (Å²) in [5.41, 5.74) is 5.14. The first kappa shape index (κ1) is 17.9. The molecule has 1 atom stereocenters. The van der Waals surface area contributed by atoms with Crippen LogP contribution >= 0.6 is 12.2 Å². The van der Waals surface area contributed by atoms with Gasteiger partial charge in [0.2, 0.25) is 11.8 Å². The molecule has 3 N–H and O–H groups in total.